The average molecular weight is 321 g/mol. The van der Waals surface area contributed by atoms with Gasteiger partial charge in [0.15, 0.2) is 0 Å². The van der Waals surface area contributed by atoms with E-state index < -0.39 is 8.32 Å². The summed E-state index contributed by atoms with van der Waals surface area (Å²) in [7, 11) is -1.80. The van der Waals surface area contributed by atoms with Crippen molar-refractivity contribution in [2.45, 2.75) is 90.3 Å². The topological polar surface area (TPSA) is 9.23 Å². The van der Waals surface area contributed by atoms with Crippen molar-refractivity contribution in [2.75, 3.05) is 0 Å². The molecule has 0 spiro atoms. The van der Waals surface area contributed by atoms with Gasteiger partial charge in [-0.3, -0.25) is 0 Å². The van der Waals surface area contributed by atoms with Crippen molar-refractivity contribution >= 4 is 8.32 Å². The molecule has 2 heteroatoms. The largest absolute Gasteiger partial charge is 0.546 e. The molecule has 0 N–H and O–H groups in total. The Balaban J connectivity index is 2.92. The normalized spacial score (nSPS) is 22.4. The molecular weight excluding hydrogens is 284 g/mol. The van der Waals surface area contributed by atoms with Crippen molar-refractivity contribution in [1.82, 2.24) is 0 Å². The summed E-state index contributed by atoms with van der Waals surface area (Å²) in [5.41, 5.74) is 3.32. The van der Waals surface area contributed by atoms with Gasteiger partial charge in [0.2, 0.25) is 0 Å². The van der Waals surface area contributed by atoms with Crippen LogP contribution in [0, 0.1) is 0 Å². The molecule has 1 aliphatic carbocycles. The average Bonchev–Trinajstić information content (AvgIpc) is 2.55. The van der Waals surface area contributed by atoms with Crippen LogP contribution in [-0.2, 0) is 4.43 Å². The van der Waals surface area contributed by atoms with Gasteiger partial charge >= 0.3 is 0 Å². The molecule has 0 aromatic rings. The lowest BCUT2D eigenvalue weighted by Gasteiger charge is -2.43. The molecule has 22 heavy (non-hydrogen) atoms. The summed E-state index contributed by atoms with van der Waals surface area (Å²) in [4.78, 5) is 0. The van der Waals surface area contributed by atoms with Gasteiger partial charge in [0.25, 0.3) is 8.32 Å². The summed E-state index contributed by atoms with van der Waals surface area (Å²) in [6, 6.07) is 0. The Kier molecular flexibility index (Phi) is 7.68. The Morgan fingerprint density at radius 1 is 0.955 bits per heavy atom. The monoisotopic (exact) mass is 320 g/mol. The van der Waals surface area contributed by atoms with Gasteiger partial charge < -0.3 is 4.43 Å². The molecule has 0 aromatic carbocycles. The highest BCUT2D eigenvalue weighted by atomic mass is 28.4. The molecule has 1 nitrogen and oxygen atoms in total. The van der Waals surface area contributed by atoms with Crippen LogP contribution in [-0.4, -0.2) is 8.32 Å². The third kappa shape index (κ3) is 4.61. The molecule has 0 fully saturated rings. The fraction of sp³-hybridized carbons (Fsp3) is 0.700. The highest BCUT2D eigenvalue weighted by molar-refractivity contribution is 6.77. The first-order valence-electron chi connectivity index (χ1n) is 9.04. The molecule has 0 heterocycles. The van der Waals surface area contributed by atoms with Gasteiger partial charge in [0.05, 0.1) is 5.76 Å². The number of hydrogen-bond acceptors (Lipinski definition) is 1. The van der Waals surface area contributed by atoms with E-state index >= 15 is 0 Å². The van der Waals surface area contributed by atoms with E-state index in [4.69, 9.17) is 4.43 Å². The van der Waals surface area contributed by atoms with Crippen molar-refractivity contribution in [3.63, 3.8) is 0 Å². The van der Waals surface area contributed by atoms with Crippen LogP contribution in [0.3, 0.4) is 0 Å². The molecule has 0 amide bonds. The second kappa shape index (κ2) is 8.76. The van der Waals surface area contributed by atoms with Crippen molar-refractivity contribution in [3.05, 3.63) is 36.1 Å². The van der Waals surface area contributed by atoms with E-state index in [1.54, 1.807) is 0 Å². The highest BCUT2D eigenvalue weighted by Crippen LogP contribution is 2.44. The summed E-state index contributed by atoms with van der Waals surface area (Å²) in [6.45, 7) is 18.1. The minimum atomic E-state index is -1.80. The molecule has 0 saturated heterocycles. The fourth-order valence-electron chi connectivity index (χ4n) is 4.04. The van der Waals surface area contributed by atoms with Crippen molar-refractivity contribution in [3.8, 4) is 0 Å². The minimum absolute atomic E-state index is 0.642. The number of rotatable bonds is 6. The molecule has 0 unspecified atom stereocenters. The van der Waals surface area contributed by atoms with Crippen molar-refractivity contribution < 1.29 is 4.43 Å². The second-order valence-corrected chi connectivity index (χ2v) is 12.9. The molecule has 126 valence electrons. The minimum Gasteiger partial charge on any atom is -0.546 e. The maximum absolute atomic E-state index is 6.87. The third-order valence-corrected chi connectivity index (χ3v) is 11.1. The van der Waals surface area contributed by atoms with Crippen LogP contribution >= 0.6 is 0 Å². The van der Waals surface area contributed by atoms with Crippen LogP contribution in [0.2, 0.25) is 16.6 Å². The van der Waals surface area contributed by atoms with Crippen LogP contribution in [0.1, 0.15) is 73.6 Å². The maximum atomic E-state index is 6.87. The van der Waals surface area contributed by atoms with E-state index in [0.29, 0.717) is 16.6 Å². The van der Waals surface area contributed by atoms with E-state index in [9.17, 15) is 0 Å². The molecule has 1 rings (SSSR count). The van der Waals surface area contributed by atoms with Crippen LogP contribution in [0.5, 0.6) is 0 Å². The molecule has 0 radical (unpaired) electrons. The molecule has 1 aliphatic rings. The predicted octanol–water partition coefficient (Wildman–Crippen LogP) is 7.14. The first kappa shape index (κ1) is 19.3. The van der Waals surface area contributed by atoms with E-state index in [2.05, 4.69) is 60.3 Å². The molecule has 0 bridgehead atoms. The van der Waals surface area contributed by atoms with Gasteiger partial charge in [-0.25, -0.2) is 0 Å². The van der Waals surface area contributed by atoms with Crippen LogP contribution in [0.25, 0.3) is 0 Å². The standard InChI is InChI=1S/C20H36OSi/c1-8-19-12-9-10-14-20(15-11-13-19)21-22(16(2)3,17(4)5)18(6)7/h8,12,14,16-18H,1,9-11,13,15H2,2-7H3/b19-12-,20-14+. The molecular formula is C20H36OSi. The Labute approximate surface area is 139 Å². The van der Waals surface area contributed by atoms with Crippen LogP contribution in [0.15, 0.2) is 36.1 Å². The molecule has 0 atom stereocenters. The zero-order chi connectivity index (χ0) is 16.8. The predicted molar refractivity (Wildman–Crippen MR) is 102 cm³/mol. The summed E-state index contributed by atoms with van der Waals surface area (Å²) in [5.74, 6) is 1.27. The zero-order valence-corrected chi connectivity index (χ0v) is 16.6. The first-order chi connectivity index (χ1) is 10.3. The van der Waals surface area contributed by atoms with Gasteiger partial charge in [-0.15, -0.1) is 0 Å². The lowest BCUT2D eigenvalue weighted by atomic mass is 10.1. The lowest BCUT2D eigenvalue weighted by molar-refractivity contribution is 0.350. The zero-order valence-electron chi connectivity index (χ0n) is 15.6. The van der Waals surface area contributed by atoms with Gasteiger partial charge in [-0.2, -0.15) is 0 Å². The van der Waals surface area contributed by atoms with E-state index in [0.717, 1.165) is 25.7 Å². The van der Waals surface area contributed by atoms with Crippen molar-refractivity contribution in [2.24, 2.45) is 0 Å². The van der Waals surface area contributed by atoms with Crippen LogP contribution in [0.4, 0.5) is 0 Å². The first-order valence-corrected chi connectivity index (χ1v) is 11.2. The van der Waals surface area contributed by atoms with Gasteiger partial charge in [-0.1, -0.05) is 65.8 Å². The van der Waals surface area contributed by atoms with Gasteiger partial charge in [0, 0.05) is 6.42 Å². The quantitative estimate of drug-likeness (QED) is 0.472. The Hall–Kier alpha value is -0.763. The van der Waals surface area contributed by atoms with Gasteiger partial charge in [-0.05, 0) is 48.4 Å². The second-order valence-electron chi connectivity index (χ2n) is 7.50. The molecule has 0 aromatic heterocycles. The summed E-state index contributed by atoms with van der Waals surface area (Å²) < 4.78 is 6.87. The summed E-state index contributed by atoms with van der Waals surface area (Å²) >= 11 is 0. The number of hydrogen-bond donors (Lipinski definition) is 0. The fourth-order valence-corrected chi connectivity index (χ4v) is 9.39. The smallest absolute Gasteiger partial charge is 0.258 e. The lowest BCUT2D eigenvalue weighted by Crippen LogP contribution is -2.47. The Bertz CT molecular complexity index is 394. The number of allylic oxidation sites excluding steroid dienone is 5. The third-order valence-electron chi connectivity index (χ3n) is 5.11. The Morgan fingerprint density at radius 2 is 1.50 bits per heavy atom. The Morgan fingerprint density at radius 3 is 2.00 bits per heavy atom. The summed E-state index contributed by atoms with van der Waals surface area (Å²) in [6.07, 6.45) is 12.3. The highest BCUT2D eigenvalue weighted by Gasteiger charge is 2.47. The van der Waals surface area contributed by atoms with Gasteiger partial charge in [0.1, 0.15) is 0 Å². The van der Waals surface area contributed by atoms with Crippen molar-refractivity contribution in [1.29, 1.82) is 0 Å². The SMILES string of the molecule is C=C/C1=C/CC/C=C(/O[Si](C(C)C)(C(C)C)C(C)C)CCC1. The molecule has 0 saturated carbocycles. The van der Waals surface area contributed by atoms with E-state index in [1.165, 1.54) is 17.8 Å². The maximum Gasteiger partial charge on any atom is 0.258 e. The summed E-state index contributed by atoms with van der Waals surface area (Å²) in [5, 5.41) is 0. The molecule has 0 aliphatic heterocycles. The van der Waals surface area contributed by atoms with E-state index in [-0.39, 0.29) is 0 Å². The van der Waals surface area contributed by atoms with E-state index in [1.807, 2.05) is 6.08 Å². The van der Waals surface area contributed by atoms with Crippen LogP contribution < -0.4 is 0 Å².